The summed E-state index contributed by atoms with van der Waals surface area (Å²) in [7, 11) is 0. The van der Waals surface area contributed by atoms with E-state index in [1.807, 2.05) is 66.4 Å². The lowest BCUT2D eigenvalue weighted by Crippen LogP contribution is -2.53. The summed E-state index contributed by atoms with van der Waals surface area (Å²) in [5.41, 5.74) is 4.17. The van der Waals surface area contributed by atoms with Gasteiger partial charge in [-0.2, -0.15) is 0 Å². The van der Waals surface area contributed by atoms with Gasteiger partial charge in [-0.15, -0.1) is 0 Å². The van der Waals surface area contributed by atoms with E-state index in [9.17, 15) is 14.7 Å². The second kappa shape index (κ2) is 8.61. The fourth-order valence-electron chi connectivity index (χ4n) is 3.84. The summed E-state index contributed by atoms with van der Waals surface area (Å²) >= 11 is 0. The van der Waals surface area contributed by atoms with E-state index in [1.165, 1.54) is 4.90 Å². The maximum absolute atomic E-state index is 12.7. The van der Waals surface area contributed by atoms with E-state index in [4.69, 9.17) is 0 Å². The Hall–Kier alpha value is -3.28. The number of piperazine rings is 1. The highest BCUT2D eigenvalue weighted by Crippen LogP contribution is 2.27. The van der Waals surface area contributed by atoms with Gasteiger partial charge in [-0.25, -0.2) is 4.90 Å². The number of hydrogen-bond acceptors (Lipinski definition) is 4. The van der Waals surface area contributed by atoms with E-state index in [0.717, 1.165) is 22.3 Å². The number of benzene rings is 3. The molecular formula is C25H24N2O3. The van der Waals surface area contributed by atoms with Gasteiger partial charge in [0.1, 0.15) is 6.10 Å². The molecule has 0 saturated carbocycles. The number of anilines is 1. The molecule has 1 N–H and O–H groups in total. The van der Waals surface area contributed by atoms with E-state index in [0.29, 0.717) is 12.2 Å². The van der Waals surface area contributed by atoms with E-state index in [1.54, 1.807) is 24.3 Å². The van der Waals surface area contributed by atoms with E-state index < -0.39 is 6.10 Å². The SMILES string of the molecule is Cc1ccccc1C(O)c1ccc(N2C(=O)CN(Cc3ccccc3)CC2=O)cc1. The lowest BCUT2D eigenvalue weighted by Gasteiger charge is -2.32. The van der Waals surface area contributed by atoms with Crippen molar-refractivity contribution >= 4 is 17.5 Å². The second-order valence-electron chi connectivity index (χ2n) is 7.60. The van der Waals surface area contributed by atoms with Crippen molar-refractivity contribution in [2.24, 2.45) is 0 Å². The molecule has 1 atom stereocenters. The van der Waals surface area contributed by atoms with Crippen molar-refractivity contribution in [1.29, 1.82) is 0 Å². The van der Waals surface area contributed by atoms with Crippen molar-refractivity contribution in [1.82, 2.24) is 4.90 Å². The molecule has 0 aliphatic carbocycles. The third kappa shape index (κ3) is 4.17. The topological polar surface area (TPSA) is 60.9 Å². The lowest BCUT2D eigenvalue weighted by molar-refractivity contribution is -0.132. The largest absolute Gasteiger partial charge is 0.384 e. The van der Waals surface area contributed by atoms with Crippen LogP contribution in [0, 0.1) is 6.92 Å². The maximum Gasteiger partial charge on any atom is 0.247 e. The number of aryl methyl sites for hydroxylation is 1. The van der Waals surface area contributed by atoms with Crippen molar-refractivity contribution in [2.75, 3.05) is 18.0 Å². The van der Waals surface area contributed by atoms with Crippen molar-refractivity contribution in [3.8, 4) is 0 Å². The van der Waals surface area contributed by atoms with E-state index >= 15 is 0 Å². The van der Waals surface area contributed by atoms with Crippen LogP contribution in [0.1, 0.15) is 28.4 Å². The van der Waals surface area contributed by atoms with Crippen LogP contribution in [0.15, 0.2) is 78.9 Å². The third-order valence-electron chi connectivity index (χ3n) is 5.42. The monoisotopic (exact) mass is 400 g/mol. The smallest absolute Gasteiger partial charge is 0.247 e. The second-order valence-corrected chi connectivity index (χ2v) is 7.60. The number of rotatable bonds is 5. The summed E-state index contributed by atoms with van der Waals surface area (Å²) in [5, 5.41) is 10.7. The normalized spacial score (nSPS) is 16.0. The molecule has 0 bridgehead atoms. The molecule has 30 heavy (non-hydrogen) atoms. The molecule has 1 heterocycles. The minimum absolute atomic E-state index is 0.189. The van der Waals surface area contributed by atoms with Gasteiger partial charge >= 0.3 is 0 Å². The van der Waals surface area contributed by atoms with Crippen molar-refractivity contribution in [2.45, 2.75) is 19.6 Å². The molecule has 0 spiro atoms. The molecule has 0 radical (unpaired) electrons. The molecule has 5 heteroatoms. The van der Waals surface area contributed by atoms with Crippen LogP contribution < -0.4 is 4.90 Å². The average Bonchev–Trinajstić information content (AvgIpc) is 2.74. The van der Waals surface area contributed by atoms with Gasteiger partial charge in [-0.3, -0.25) is 14.5 Å². The lowest BCUT2D eigenvalue weighted by atomic mass is 9.97. The van der Waals surface area contributed by atoms with Gasteiger partial charge in [0, 0.05) is 6.54 Å². The quantitative estimate of drug-likeness (QED) is 0.667. The van der Waals surface area contributed by atoms with Crippen LogP contribution in [-0.4, -0.2) is 34.9 Å². The molecule has 1 aliphatic rings. The molecular weight excluding hydrogens is 376 g/mol. The summed E-state index contributed by atoms with van der Waals surface area (Å²) in [6.07, 6.45) is -0.755. The number of carbonyl (C=O) groups excluding carboxylic acids is 2. The Labute approximate surface area is 176 Å². The standard InChI is InChI=1S/C25H24N2O3/c1-18-7-5-6-10-22(18)25(30)20-11-13-21(14-12-20)27-23(28)16-26(17-24(27)29)15-19-8-3-2-4-9-19/h2-14,25,30H,15-17H2,1H3. The molecule has 0 aromatic heterocycles. The number of hydrogen-bond donors (Lipinski definition) is 1. The Morgan fingerprint density at radius 3 is 2.07 bits per heavy atom. The molecule has 1 unspecified atom stereocenters. The van der Waals surface area contributed by atoms with Crippen molar-refractivity contribution in [3.05, 3.63) is 101 Å². The van der Waals surface area contributed by atoms with Gasteiger partial charge in [-0.1, -0.05) is 66.7 Å². The Morgan fingerprint density at radius 1 is 0.833 bits per heavy atom. The Bertz CT molecular complexity index is 1030. The third-order valence-corrected chi connectivity index (χ3v) is 5.42. The highest BCUT2D eigenvalue weighted by atomic mass is 16.3. The molecule has 1 saturated heterocycles. The predicted molar refractivity (Wildman–Crippen MR) is 116 cm³/mol. The van der Waals surface area contributed by atoms with Crippen LogP contribution in [0.25, 0.3) is 0 Å². The number of nitrogens with zero attached hydrogens (tertiary/aromatic N) is 2. The summed E-state index contributed by atoms with van der Waals surface area (Å²) in [4.78, 5) is 28.5. The molecule has 1 aliphatic heterocycles. The summed E-state index contributed by atoms with van der Waals surface area (Å²) in [6, 6.07) is 24.5. The van der Waals surface area contributed by atoms with Gasteiger partial charge in [0.15, 0.2) is 0 Å². The Morgan fingerprint density at radius 2 is 1.43 bits per heavy atom. The summed E-state index contributed by atoms with van der Waals surface area (Å²) in [6.45, 7) is 2.90. The highest BCUT2D eigenvalue weighted by Gasteiger charge is 2.32. The number of aliphatic hydroxyl groups excluding tert-OH is 1. The van der Waals surface area contributed by atoms with Crippen LogP contribution in [0.5, 0.6) is 0 Å². The molecule has 3 aromatic carbocycles. The van der Waals surface area contributed by atoms with Crippen molar-refractivity contribution < 1.29 is 14.7 Å². The van der Waals surface area contributed by atoms with Gasteiger partial charge in [0.25, 0.3) is 0 Å². The molecule has 3 aromatic rings. The van der Waals surface area contributed by atoms with E-state index in [-0.39, 0.29) is 24.9 Å². The fraction of sp³-hybridized carbons (Fsp3) is 0.200. The first kappa shape index (κ1) is 20.0. The van der Waals surface area contributed by atoms with Gasteiger partial charge in [-0.05, 0) is 41.3 Å². The van der Waals surface area contributed by atoms with Crippen LogP contribution >= 0.6 is 0 Å². The zero-order valence-electron chi connectivity index (χ0n) is 16.9. The van der Waals surface area contributed by atoms with Crippen LogP contribution in [0.4, 0.5) is 5.69 Å². The molecule has 1 fully saturated rings. The molecule has 5 nitrogen and oxygen atoms in total. The number of carbonyl (C=O) groups is 2. The average molecular weight is 400 g/mol. The number of imide groups is 1. The maximum atomic E-state index is 12.7. The van der Waals surface area contributed by atoms with Crippen LogP contribution in [-0.2, 0) is 16.1 Å². The highest BCUT2D eigenvalue weighted by molar-refractivity contribution is 6.17. The zero-order chi connectivity index (χ0) is 21.1. The van der Waals surface area contributed by atoms with Gasteiger partial charge < -0.3 is 5.11 Å². The zero-order valence-corrected chi connectivity index (χ0v) is 16.9. The fourth-order valence-corrected chi connectivity index (χ4v) is 3.84. The molecule has 2 amide bonds. The summed E-state index contributed by atoms with van der Waals surface area (Å²) in [5.74, 6) is -0.483. The Kier molecular flexibility index (Phi) is 5.74. The van der Waals surface area contributed by atoms with E-state index in [2.05, 4.69) is 0 Å². The Balaban J connectivity index is 1.47. The minimum atomic E-state index is -0.755. The number of aliphatic hydroxyl groups is 1. The number of amides is 2. The first-order chi connectivity index (χ1) is 14.5. The first-order valence-corrected chi connectivity index (χ1v) is 9.98. The first-order valence-electron chi connectivity index (χ1n) is 9.98. The predicted octanol–water partition coefficient (Wildman–Crippen LogP) is 3.45. The van der Waals surface area contributed by atoms with Gasteiger partial charge in [0.2, 0.25) is 11.8 Å². The van der Waals surface area contributed by atoms with Crippen LogP contribution in [0.2, 0.25) is 0 Å². The minimum Gasteiger partial charge on any atom is -0.384 e. The molecule has 152 valence electrons. The van der Waals surface area contributed by atoms with Crippen LogP contribution in [0.3, 0.4) is 0 Å². The summed E-state index contributed by atoms with van der Waals surface area (Å²) < 4.78 is 0. The van der Waals surface area contributed by atoms with Gasteiger partial charge in [0.05, 0.1) is 18.8 Å². The molecule has 4 rings (SSSR count). The van der Waals surface area contributed by atoms with Crippen molar-refractivity contribution in [3.63, 3.8) is 0 Å².